The van der Waals surface area contributed by atoms with Crippen LogP contribution in [0, 0.1) is 0 Å². The summed E-state index contributed by atoms with van der Waals surface area (Å²) in [6.07, 6.45) is 82.9. The van der Waals surface area contributed by atoms with Crippen molar-refractivity contribution in [1.82, 2.24) is 0 Å². The standard InChI is InChI=1S/C66H106O6/c1-4-7-10-13-16-19-22-25-28-30-32-33-35-36-38-41-44-47-50-53-56-59-65(68)71-62-63(61-70-64(67)58-55-52-49-46-43-40-27-24-21-18-15-12-9-6-3)72-66(69)60-57-54-51-48-45-42-39-37-34-31-29-26-23-20-17-14-11-8-5-2/h7-8,10-11,15-20,24-29,32-34,37,42,45,63H,4-6,9,12-14,21-23,30-31,35-36,38-41,43-44,46-62H2,1-3H3/b10-7-,11-8-,18-15-,19-16-,20-17-,27-24-,28-25-,29-26-,33-32-,37-34-,45-42-. The van der Waals surface area contributed by atoms with Gasteiger partial charge in [-0.3, -0.25) is 14.4 Å². The number of allylic oxidation sites excluding steroid dienone is 22. The second kappa shape index (κ2) is 59.1. The molecule has 0 aromatic rings. The fraction of sp³-hybridized carbons (Fsp3) is 0.621. The molecule has 0 aliphatic rings. The summed E-state index contributed by atoms with van der Waals surface area (Å²) < 4.78 is 16.8. The van der Waals surface area contributed by atoms with Gasteiger partial charge in [0.1, 0.15) is 13.2 Å². The Kier molecular flexibility index (Phi) is 55.5. The molecule has 0 aliphatic carbocycles. The van der Waals surface area contributed by atoms with Gasteiger partial charge in [-0.15, -0.1) is 0 Å². The van der Waals surface area contributed by atoms with Gasteiger partial charge in [0, 0.05) is 19.3 Å². The summed E-state index contributed by atoms with van der Waals surface area (Å²) >= 11 is 0. The molecule has 1 atom stereocenters. The minimum atomic E-state index is -0.811. The molecule has 0 N–H and O–H groups in total. The van der Waals surface area contributed by atoms with Crippen LogP contribution >= 0.6 is 0 Å². The topological polar surface area (TPSA) is 78.9 Å². The van der Waals surface area contributed by atoms with Gasteiger partial charge >= 0.3 is 17.9 Å². The van der Waals surface area contributed by atoms with Gasteiger partial charge in [0.15, 0.2) is 6.10 Å². The summed E-state index contributed by atoms with van der Waals surface area (Å²) in [5.41, 5.74) is 0. The van der Waals surface area contributed by atoms with Crippen molar-refractivity contribution in [2.45, 2.75) is 252 Å². The van der Waals surface area contributed by atoms with Gasteiger partial charge < -0.3 is 14.2 Å². The second-order valence-electron chi connectivity index (χ2n) is 18.8. The lowest BCUT2D eigenvalue weighted by Crippen LogP contribution is -2.30. The first kappa shape index (κ1) is 67.5. The molecule has 6 nitrogen and oxygen atoms in total. The van der Waals surface area contributed by atoms with E-state index in [1.54, 1.807) is 0 Å². The van der Waals surface area contributed by atoms with Crippen molar-refractivity contribution in [3.05, 3.63) is 134 Å². The molecule has 0 amide bonds. The largest absolute Gasteiger partial charge is 0.462 e. The highest BCUT2D eigenvalue weighted by Gasteiger charge is 2.19. The van der Waals surface area contributed by atoms with Gasteiger partial charge in [-0.05, 0) is 128 Å². The van der Waals surface area contributed by atoms with Crippen molar-refractivity contribution in [3.8, 4) is 0 Å². The van der Waals surface area contributed by atoms with E-state index >= 15 is 0 Å². The molecule has 6 heteroatoms. The molecule has 406 valence electrons. The van der Waals surface area contributed by atoms with Gasteiger partial charge in [0.25, 0.3) is 0 Å². The Labute approximate surface area is 443 Å². The number of hydrogen-bond acceptors (Lipinski definition) is 6. The van der Waals surface area contributed by atoms with E-state index < -0.39 is 6.10 Å². The summed E-state index contributed by atoms with van der Waals surface area (Å²) in [5.74, 6) is -0.962. The molecule has 0 radical (unpaired) electrons. The third kappa shape index (κ3) is 56.5. The molecule has 0 aliphatic heterocycles. The van der Waals surface area contributed by atoms with E-state index in [4.69, 9.17) is 14.2 Å². The Bertz CT molecular complexity index is 1560. The highest BCUT2D eigenvalue weighted by molar-refractivity contribution is 5.71. The fourth-order valence-electron chi connectivity index (χ4n) is 7.53. The third-order valence-electron chi connectivity index (χ3n) is 11.9. The molecule has 0 saturated carbocycles. The number of carbonyl (C=O) groups is 3. The van der Waals surface area contributed by atoms with E-state index in [1.807, 2.05) is 0 Å². The zero-order valence-corrected chi connectivity index (χ0v) is 46.4. The van der Waals surface area contributed by atoms with Crippen LogP contribution < -0.4 is 0 Å². The van der Waals surface area contributed by atoms with Crippen molar-refractivity contribution in [3.63, 3.8) is 0 Å². The number of hydrogen-bond donors (Lipinski definition) is 0. The van der Waals surface area contributed by atoms with Gasteiger partial charge in [-0.1, -0.05) is 231 Å². The van der Waals surface area contributed by atoms with E-state index in [1.165, 1.54) is 51.4 Å². The van der Waals surface area contributed by atoms with E-state index in [0.29, 0.717) is 19.3 Å². The summed E-state index contributed by atoms with van der Waals surface area (Å²) in [7, 11) is 0. The van der Waals surface area contributed by atoms with E-state index in [0.717, 1.165) is 148 Å². The quantitative estimate of drug-likeness (QED) is 0.0261. The predicted octanol–water partition coefficient (Wildman–Crippen LogP) is 19.8. The normalized spacial score (nSPS) is 13.1. The van der Waals surface area contributed by atoms with Crippen LogP contribution in [0.2, 0.25) is 0 Å². The van der Waals surface area contributed by atoms with Crippen molar-refractivity contribution in [1.29, 1.82) is 0 Å². The van der Waals surface area contributed by atoms with E-state index in [-0.39, 0.29) is 37.5 Å². The number of esters is 3. The van der Waals surface area contributed by atoms with Crippen LogP contribution in [-0.4, -0.2) is 37.2 Å². The highest BCUT2D eigenvalue weighted by Crippen LogP contribution is 2.14. The fourth-order valence-corrected chi connectivity index (χ4v) is 7.53. The maximum atomic E-state index is 12.9. The minimum Gasteiger partial charge on any atom is -0.462 e. The molecule has 0 aromatic carbocycles. The van der Waals surface area contributed by atoms with E-state index in [2.05, 4.69) is 154 Å². The molecular formula is C66H106O6. The number of carbonyl (C=O) groups excluding carboxylic acids is 3. The van der Waals surface area contributed by atoms with Crippen molar-refractivity contribution in [2.24, 2.45) is 0 Å². The second-order valence-corrected chi connectivity index (χ2v) is 18.8. The smallest absolute Gasteiger partial charge is 0.306 e. The van der Waals surface area contributed by atoms with Crippen LogP contribution in [0.25, 0.3) is 0 Å². The lowest BCUT2D eigenvalue weighted by molar-refractivity contribution is -0.167. The Balaban J connectivity index is 4.48. The van der Waals surface area contributed by atoms with Crippen molar-refractivity contribution in [2.75, 3.05) is 13.2 Å². The Hall–Kier alpha value is -4.45. The van der Waals surface area contributed by atoms with Crippen molar-refractivity contribution >= 4 is 17.9 Å². The number of unbranched alkanes of at least 4 members (excludes halogenated alkanes) is 18. The lowest BCUT2D eigenvalue weighted by atomic mass is 10.1. The molecule has 0 spiro atoms. The van der Waals surface area contributed by atoms with Gasteiger partial charge in [-0.25, -0.2) is 0 Å². The van der Waals surface area contributed by atoms with E-state index in [9.17, 15) is 14.4 Å². The van der Waals surface area contributed by atoms with Crippen LogP contribution in [0.1, 0.15) is 245 Å². The number of ether oxygens (including phenoxy) is 3. The van der Waals surface area contributed by atoms with Gasteiger partial charge in [0.05, 0.1) is 0 Å². The Morgan fingerprint density at radius 3 is 0.861 bits per heavy atom. The maximum absolute atomic E-state index is 12.9. The zero-order valence-electron chi connectivity index (χ0n) is 46.4. The van der Waals surface area contributed by atoms with Crippen LogP contribution in [-0.2, 0) is 28.6 Å². The maximum Gasteiger partial charge on any atom is 0.306 e. The van der Waals surface area contributed by atoms with Gasteiger partial charge in [0.2, 0.25) is 0 Å². The molecule has 0 rings (SSSR count). The molecule has 72 heavy (non-hydrogen) atoms. The first-order valence-electron chi connectivity index (χ1n) is 29.2. The Morgan fingerprint density at radius 1 is 0.292 bits per heavy atom. The molecule has 0 bridgehead atoms. The minimum absolute atomic E-state index is 0.105. The average molecular weight is 996 g/mol. The third-order valence-corrected chi connectivity index (χ3v) is 11.9. The van der Waals surface area contributed by atoms with Gasteiger partial charge in [-0.2, -0.15) is 0 Å². The summed E-state index contributed by atoms with van der Waals surface area (Å²) in [5, 5.41) is 0. The highest BCUT2D eigenvalue weighted by atomic mass is 16.6. The molecule has 1 unspecified atom stereocenters. The average Bonchev–Trinajstić information content (AvgIpc) is 3.38. The zero-order chi connectivity index (χ0) is 52.2. The van der Waals surface area contributed by atoms with Crippen LogP contribution in [0.4, 0.5) is 0 Å². The SMILES string of the molecule is CC/C=C\C/C=C\C/C=C\C/C=C\C/C=C\CCCCCC(=O)OC(COC(=O)CCCCCCC/C=C\C/C=C\CCCC)COC(=O)CCCCCCCCCC/C=C\C/C=C\C/C=C\C/C=C\CC. The summed E-state index contributed by atoms with van der Waals surface area (Å²) in [4.78, 5) is 38.2. The number of rotatable bonds is 51. The summed E-state index contributed by atoms with van der Waals surface area (Å²) in [6.45, 7) is 6.32. The Morgan fingerprint density at radius 2 is 0.542 bits per heavy atom. The first-order chi connectivity index (χ1) is 35.5. The van der Waals surface area contributed by atoms with Crippen LogP contribution in [0.15, 0.2) is 134 Å². The summed E-state index contributed by atoms with van der Waals surface area (Å²) in [6, 6.07) is 0. The van der Waals surface area contributed by atoms with Crippen molar-refractivity contribution < 1.29 is 28.6 Å². The van der Waals surface area contributed by atoms with Crippen LogP contribution in [0.3, 0.4) is 0 Å². The molecule has 0 saturated heterocycles. The lowest BCUT2D eigenvalue weighted by Gasteiger charge is -2.18. The molecule has 0 aromatic heterocycles. The van der Waals surface area contributed by atoms with Crippen LogP contribution in [0.5, 0.6) is 0 Å². The molecular weight excluding hydrogens is 889 g/mol. The molecule has 0 fully saturated rings. The predicted molar refractivity (Wildman–Crippen MR) is 311 cm³/mol. The first-order valence-corrected chi connectivity index (χ1v) is 29.2. The monoisotopic (exact) mass is 995 g/mol. The molecule has 0 heterocycles.